The van der Waals surface area contributed by atoms with E-state index in [1.807, 2.05) is 67.5 Å². The van der Waals surface area contributed by atoms with E-state index in [0.29, 0.717) is 42.2 Å². The van der Waals surface area contributed by atoms with E-state index in [-0.39, 0.29) is 11.3 Å². The number of Topliss-reactive ketones (excluding diaryl/α,β-unsaturated/α-hetero) is 1. The maximum absolute atomic E-state index is 13.3. The lowest BCUT2D eigenvalue weighted by molar-refractivity contribution is -0.140. The predicted molar refractivity (Wildman–Crippen MR) is 142 cm³/mol. The molecule has 0 saturated carbocycles. The largest absolute Gasteiger partial charge is 0.507 e. The zero-order chi connectivity index (χ0) is 26.4. The van der Waals surface area contributed by atoms with E-state index in [0.717, 1.165) is 12.1 Å². The van der Waals surface area contributed by atoms with Crippen molar-refractivity contribution in [2.24, 2.45) is 0 Å². The number of nitrogens with zero attached hydrogens (tertiary/aromatic N) is 2. The predicted octanol–water partition coefficient (Wildman–Crippen LogP) is 4.65. The lowest BCUT2D eigenvalue weighted by Crippen LogP contribution is -2.32. The van der Waals surface area contributed by atoms with Gasteiger partial charge in [0.15, 0.2) is 0 Å². The van der Waals surface area contributed by atoms with E-state index in [1.54, 1.807) is 37.4 Å². The second-order valence-electron chi connectivity index (χ2n) is 9.19. The second kappa shape index (κ2) is 11.8. The minimum Gasteiger partial charge on any atom is -0.507 e. The highest BCUT2D eigenvalue weighted by molar-refractivity contribution is 6.46. The standard InChI is InChI=1S/C30H32N2O5/c1-31(2)18-9-19-32-27(24-12-7-8-13-25(24)36-3)26(29(34)30(32)35)28(33)22-14-16-23(17-15-22)37-20-21-10-5-4-6-11-21/h4-8,10-17,27,33H,9,18-20H2,1-3H3/b28-26+. The molecule has 1 aliphatic rings. The first-order valence-electron chi connectivity index (χ1n) is 12.2. The van der Waals surface area contributed by atoms with E-state index < -0.39 is 17.7 Å². The monoisotopic (exact) mass is 500 g/mol. The fourth-order valence-electron chi connectivity index (χ4n) is 4.49. The zero-order valence-corrected chi connectivity index (χ0v) is 21.4. The van der Waals surface area contributed by atoms with Crippen LogP contribution in [0.3, 0.4) is 0 Å². The fourth-order valence-corrected chi connectivity index (χ4v) is 4.49. The minimum atomic E-state index is -0.757. The third kappa shape index (κ3) is 5.84. The number of ketones is 1. The Morgan fingerprint density at radius 3 is 2.30 bits per heavy atom. The first-order valence-corrected chi connectivity index (χ1v) is 12.2. The number of likely N-dealkylation sites (tertiary alicyclic amines) is 1. The Morgan fingerprint density at radius 2 is 1.62 bits per heavy atom. The summed E-state index contributed by atoms with van der Waals surface area (Å²) in [6.45, 7) is 1.54. The van der Waals surface area contributed by atoms with Gasteiger partial charge < -0.3 is 24.4 Å². The first-order chi connectivity index (χ1) is 17.9. The molecule has 1 amide bonds. The molecule has 1 N–H and O–H groups in total. The smallest absolute Gasteiger partial charge is 0.295 e. The van der Waals surface area contributed by atoms with Crippen LogP contribution in [0.15, 0.2) is 84.4 Å². The summed E-state index contributed by atoms with van der Waals surface area (Å²) >= 11 is 0. The minimum absolute atomic E-state index is 0.0531. The van der Waals surface area contributed by atoms with Gasteiger partial charge in [0, 0.05) is 17.7 Å². The molecule has 7 heteroatoms. The fraction of sp³-hybridized carbons (Fsp3) is 0.267. The maximum Gasteiger partial charge on any atom is 0.295 e. The van der Waals surface area contributed by atoms with Gasteiger partial charge in [0.1, 0.15) is 23.9 Å². The Morgan fingerprint density at radius 1 is 0.946 bits per heavy atom. The number of benzene rings is 3. The molecular weight excluding hydrogens is 468 g/mol. The number of methoxy groups -OCH3 is 1. The number of hydrogen-bond donors (Lipinski definition) is 1. The van der Waals surface area contributed by atoms with Crippen molar-refractivity contribution in [2.75, 3.05) is 34.3 Å². The molecule has 1 saturated heterocycles. The Bertz CT molecular complexity index is 1270. The van der Waals surface area contributed by atoms with E-state index in [9.17, 15) is 14.7 Å². The number of ether oxygens (including phenoxy) is 2. The summed E-state index contributed by atoms with van der Waals surface area (Å²) in [5, 5.41) is 11.3. The summed E-state index contributed by atoms with van der Waals surface area (Å²) in [5.41, 5.74) is 2.18. The molecule has 1 heterocycles. The molecular formula is C30H32N2O5. The third-order valence-corrected chi connectivity index (χ3v) is 6.35. The molecule has 3 aromatic rings. The van der Waals surface area contributed by atoms with Crippen LogP contribution in [0.2, 0.25) is 0 Å². The van der Waals surface area contributed by atoms with Crippen molar-refractivity contribution in [1.82, 2.24) is 9.80 Å². The Kier molecular flexibility index (Phi) is 8.25. The van der Waals surface area contributed by atoms with E-state index >= 15 is 0 Å². The first kappa shape index (κ1) is 26.0. The topological polar surface area (TPSA) is 79.3 Å². The molecule has 37 heavy (non-hydrogen) atoms. The van der Waals surface area contributed by atoms with E-state index in [4.69, 9.17) is 9.47 Å². The number of carbonyl (C=O) groups is 2. The van der Waals surface area contributed by atoms with Crippen LogP contribution in [0.4, 0.5) is 0 Å². The van der Waals surface area contributed by atoms with Gasteiger partial charge in [-0.3, -0.25) is 9.59 Å². The van der Waals surface area contributed by atoms with Crippen LogP contribution in [0.25, 0.3) is 5.76 Å². The van der Waals surface area contributed by atoms with Crippen LogP contribution in [0.5, 0.6) is 11.5 Å². The van der Waals surface area contributed by atoms with Crippen molar-refractivity contribution in [2.45, 2.75) is 19.1 Å². The summed E-state index contributed by atoms with van der Waals surface area (Å²) in [5.74, 6) is -0.381. The van der Waals surface area contributed by atoms with Gasteiger partial charge >= 0.3 is 0 Å². The molecule has 1 unspecified atom stereocenters. The number of aliphatic hydroxyl groups is 1. The quantitative estimate of drug-likeness (QED) is 0.248. The molecule has 1 fully saturated rings. The Labute approximate surface area is 217 Å². The number of amides is 1. The van der Waals surface area contributed by atoms with Crippen molar-refractivity contribution in [1.29, 1.82) is 0 Å². The Balaban J connectivity index is 1.67. The van der Waals surface area contributed by atoms with Crippen LogP contribution in [-0.2, 0) is 16.2 Å². The van der Waals surface area contributed by atoms with Gasteiger partial charge in [0.25, 0.3) is 11.7 Å². The summed E-state index contributed by atoms with van der Waals surface area (Å²) in [6, 6.07) is 23.2. The third-order valence-electron chi connectivity index (χ3n) is 6.35. The zero-order valence-electron chi connectivity index (χ0n) is 21.4. The SMILES string of the molecule is COc1ccccc1C1/C(=C(\O)c2ccc(OCc3ccccc3)cc2)C(=O)C(=O)N1CCCN(C)C. The van der Waals surface area contributed by atoms with Crippen molar-refractivity contribution in [3.8, 4) is 11.5 Å². The summed E-state index contributed by atoms with van der Waals surface area (Å²) in [4.78, 5) is 30.0. The van der Waals surface area contributed by atoms with Gasteiger partial charge in [-0.25, -0.2) is 0 Å². The van der Waals surface area contributed by atoms with Crippen molar-refractivity contribution < 1.29 is 24.2 Å². The molecule has 0 aromatic heterocycles. The number of rotatable bonds is 10. The van der Waals surface area contributed by atoms with Crippen LogP contribution < -0.4 is 9.47 Å². The number of para-hydroxylation sites is 1. The van der Waals surface area contributed by atoms with E-state index in [2.05, 4.69) is 0 Å². The average molecular weight is 501 g/mol. The molecule has 3 aromatic carbocycles. The lowest BCUT2D eigenvalue weighted by Gasteiger charge is -2.27. The molecule has 1 atom stereocenters. The van der Waals surface area contributed by atoms with Crippen molar-refractivity contribution in [3.05, 3.63) is 101 Å². The highest BCUT2D eigenvalue weighted by Gasteiger charge is 2.46. The van der Waals surface area contributed by atoms with Crippen molar-refractivity contribution >= 4 is 17.4 Å². The number of carbonyl (C=O) groups excluding carboxylic acids is 2. The van der Waals surface area contributed by atoms with Crippen LogP contribution >= 0.6 is 0 Å². The van der Waals surface area contributed by atoms with Crippen molar-refractivity contribution in [3.63, 3.8) is 0 Å². The van der Waals surface area contributed by atoms with Gasteiger partial charge in [-0.1, -0.05) is 48.5 Å². The molecule has 7 nitrogen and oxygen atoms in total. The summed E-state index contributed by atoms with van der Waals surface area (Å²) < 4.78 is 11.4. The van der Waals surface area contributed by atoms with Gasteiger partial charge in [-0.15, -0.1) is 0 Å². The van der Waals surface area contributed by atoms with Gasteiger partial charge in [-0.05, 0) is 63.0 Å². The number of aliphatic hydroxyl groups excluding tert-OH is 1. The molecule has 192 valence electrons. The normalized spacial score (nSPS) is 16.9. The lowest BCUT2D eigenvalue weighted by atomic mass is 9.94. The Hall–Kier alpha value is -4.10. The van der Waals surface area contributed by atoms with Crippen LogP contribution in [0, 0.1) is 0 Å². The highest BCUT2D eigenvalue weighted by Crippen LogP contribution is 2.42. The van der Waals surface area contributed by atoms with Crippen LogP contribution in [-0.4, -0.2) is 60.9 Å². The second-order valence-corrected chi connectivity index (χ2v) is 9.19. The molecule has 1 aliphatic heterocycles. The highest BCUT2D eigenvalue weighted by atomic mass is 16.5. The molecule has 0 bridgehead atoms. The number of hydrogen-bond acceptors (Lipinski definition) is 6. The summed E-state index contributed by atoms with van der Waals surface area (Å²) in [7, 11) is 5.46. The maximum atomic E-state index is 13.3. The van der Waals surface area contributed by atoms with Gasteiger partial charge in [0.05, 0.1) is 18.7 Å². The molecule has 0 radical (unpaired) electrons. The van der Waals surface area contributed by atoms with Gasteiger partial charge in [-0.2, -0.15) is 0 Å². The summed E-state index contributed by atoms with van der Waals surface area (Å²) in [6.07, 6.45) is 0.680. The molecule has 0 spiro atoms. The van der Waals surface area contributed by atoms with E-state index in [1.165, 1.54) is 4.90 Å². The van der Waals surface area contributed by atoms with Crippen LogP contribution in [0.1, 0.15) is 29.2 Å². The average Bonchev–Trinajstić information content (AvgIpc) is 3.17. The molecule has 0 aliphatic carbocycles. The molecule has 4 rings (SSSR count). The van der Waals surface area contributed by atoms with Gasteiger partial charge in [0.2, 0.25) is 0 Å².